The van der Waals surface area contributed by atoms with Crippen LogP contribution in [0.3, 0.4) is 0 Å². The topological polar surface area (TPSA) is 30.5 Å². The highest BCUT2D eigenvalue weighted by Gasteiger charge is 2.17. The van der Waals surface area contributed by atoms with Gasteiger partial charge in [-0.25, -0.2) is 0 Å². The molecule has 1 unspecified atom stereocenters. The molecule has 1 aliphatic heterocycles. The minimum atomic E-state index is 0.315. The third kappa shape index (κ3) is 3.57. The van der Waals surface area contributed by atoms with Crippen molar-refractivity contribution in [2.45, 2.75) is 25.8 Å². The number of hydrogen-bond donors (Lipinski definition) is 1. The first-order chi connectivity index (χ1) is 10.4. The van der Waals surface area contributed by atoms with Crippen molar-refractivity contribution in [1.29, 1.82) is 0 Å². The molecule has 112 valence electrons. The highest BCUT2D eigenvalue weighted by Crippen LogP contribution is 2.33. The number of nitrogens with one attached hydrogen (secondary N) is 1. The molecule has 0 fully saturated rings. The van der Waals surface area contributed by atoms with Crippen molar-refractivity contribution in [2.24, 2.45) is 0 Å². The Hall–Kier alpha value is -1.52. The first-order valence-electron chi connectivity index (χ1n) is 7.51. The number of rotatable bonds is 6. The Morgan fingerprint density at radius 2 is 2.05 bits per heavy atom. The van der Waals surface area contributed by atoms with Gasteiger partial charge in [0.1, 0.15) is 13.2 Å². The van der Waals surface area contributed by atoms with Crippen LogP contribution in [-0.4, -0.2) is 19.8 Å². The molecule has 1 aromatic carbocycles. The van der Waals surface area contributed by atoms with Crippen molar-refractivity contribution in [1.82, 2.24) is 5.32 Å². The fourth-order valence-corrected chi connectivity index (χ4v) is 3.23. The zero-order valence-corrected chi connectivity index (χ0v) is 13.1. The van der Waals surface area contributed by atoms with Crippen LogP contribution in [0, 0.1) is 0 Å². The SMILES string of the molecule is CCCNC(Cc1ccsc1)c1ccc2c(c1)OCCO2. The van der Waals surface area contributed by atoms with E-state index in [0.29, 0.717) is 19.3 Å². The summed E-state index contributed by atoms with van der Waals surface area (Å²) in [6, 6.07) is 8.80. The second-order valence-corrected chi connectivity index (χ2v) is 6.03. The van der Waals surface area contributed by atoms with Gasteiger partial charge < -0.3 is 14.8 Å². The van der Waals surface area contributed by atoms with Gasteiger partial charge in [0.05, 0.1) is 0 Å². The van der Waals surface area contributed by atoms with Crippen molar-refractivity contribution in [2.75, 3.05) is 19.8 Å². The molecule has 0 aliphatic carbocycles. The molecule has 2 heterocycles. The van der Waals surface area contributed by atoms with E-state index < -0.39 is 0 Å². The van der Waals surface area contributed by atoms with Gasteiger partial charge in [-0.1, -0.05) is 13.0 Å². The molecule has 1 aliphatic rings. The largest absolute Gasteiger partial charge is 0.486 e. The second kappa shape index (κ2) is 6.96. The fraction of sp³-hybridized carbons (Fsp3) is 0.412. The standard InChI is InChI=1S/C17H21NO2S/c1-2-6-18-15(10-13-5-9-21-12-13)14-3-4-16-17(11-14)20-8-7-19-16/h3-5,9,11-12,15,18H,2,6-8,10H2,1H3. The van der Waals surface area contributed by atoms with E-state index in [1.54, 1.807) is 11.3 Å². The Morgan fingerprint density at radius 3 is 2.81 bits per heavy atom. The molecule has 0 amide bonds. The van der Waals surface area contributed by atoms with Gasteiger partial charge in [0.15, 0.2) is 11.5 Å². The van der Waals surface area contributed by atoms with Crippen LogP contribution < -0.4 is 14.8 Å². The third-order valence-corrected chi connectivity index (χ3v) is 4.36. The predicted octanol–water partition coefficient (Wildman–Crippen LogP) is 3.80. The molecule has 21 heavy (non-hydrogen) atoms. The van der Waals surface area contributed by atoms with Gasteiger partial charge in [-0.05, 0) is 59.5 Å². The lowest BCUT2D eigenvalue weighted by Gasteiger charge is -2.23. The van der Waals surface area contributed by atoms with Crippen molar-refractivity contribution < 1.29 is 9.47 Å². The van der Waals surface area contributed by atoms with Crippen molar-refractivity contribution in [3.63, 3.8) is 0 Å². The maximum Gasteiger partial charge on any atom is 0.161 e. The van der Waals surface area contributed by atoms with E-state index in [2.05, 4.69) is 41.2 Å². The van der Waals surface area contributed by atoms with Crippen molar-refractivity contribution >= 4 is 11.3 Å². The summed E-state index contributed by atoms with van der Waals surface area (Å²) in [4.78, 5) is 0. The minimum absolute atomic E-state index is 0.315. The zero-order chi connectivity index (χ0) is 14.5. The van der Waals surface area contributed by atoms with Crippen LogP contribution >= 0.6 is 11.3 Å². The molecule has 0 bridgehead atoms. The van der Waals surface area contributed by atoms with E-state index in [-0.39, 0.29) is 0 Å². The van der Waals surface area contributed by atoms with Crippen molar-refractivity contribution in [3.05, 3.63) is 46.2 Å². The summed E-state index contributed by atoms with van der Waals surface area (Å²) in [6.07, 6.45) is 2.13. The summed E-state index contributed by atoms with van der Waals surface area (Å²) in [5, 5.41) is 7.99. The lowest BCUT2D eigenvalue weighted by molar-refractivity contribution is 0.171. The number of fused-ring (bicyclic) bond motifs is 1. The van der Waals surface area contributed by atoms with E-state index in [1.165, 1.54) is 11.1 Å². The number of benzene rings is 1. The molecular weight excluding hydrogens is 282 g/mol. The lowest BCUT2D eigenvalue weighted by Crippen LogP contribution is -2.24. The van der Waals surface area contributed by atoms with Crippen LogP contribution in [-0.2, 0) is 6.42 Å². The van der Waals surface area contributed by atoms with Crippen LogP contribution in [0.2, 0.25) is 0 Å². The zero-order valence-electron chi connectivity index (χ0n) is 12.3. The number of ether oxygens (including phenoxy) is 2. The second-order valence-electron chi connectivity index (χ2n) is 5.25. The predicted molar refractivity (Wildman–Crippen MR) is 86.5 cm³/mol. The molecule has 0 spiro atoms. The quantitative estimate of drug-likeness (QED) is 0.880. The first kappa shape index (κ1) is 14.4. The molecule has 0 radical (unpaired) electrons. The molecule has 0 saturated heterocycles. The Kier molecular flexibility index (Phi) is 4.78. The molecule has 2 aromatic rings. The van der Waals surface area contributed by atoms with Gasteiger partial charge in [0.2, 0.25) is 0 Å². The summed E-state index contributed by atoms with van der Waals surface area (Å²) in [5.74, 6) is 1.72. The Labute approximate surface area is 129 Å². The third-order valence-electron chi connectivity index (χ3n) is 3.63. The van der Waals surface area contributed by atoms with Crippen LogP contribution in [0.4, 0.5) is 0 Å². The van der Waals surface area contributed by atoms with Gasteiger partial charge >= 0.3 is 0 Å². The fourth-order valence-electron chi connectivity index (χ4n) is 2.55. The number of hydrogen-bond acceptors (Lipinski definition) is 4. The van der Waals surface area contributed by atoms with E-state index in [0.717, 1.165) is 30.9 Å². The molecule has 3 rings (SSSR count). The highest BCUT2D eigenvalue weighted by molar-refractivity contribution is 7.07. The Balaban J connectivity index is 1.81. The van der Waals surface area contributed by atoms with E-state index in [9.17, 15) is 0 Å². The summed E-state index contributed by atoms with van der Waals surface area (Å²) in [6.45, 7) is 4.48. The first-order valence-corrected chi connectivity index (χ1v) is 8.45. The van der Waals surface area contributed by atoms with Gasteiger partial charge in [-0.3, -0.25) is 0 Å². The molecule has 1 atom stereocenters. The van der Waals surface area contributed by atoms with Crippen LogP contribution in [0.5, 0.6) is 11.5 Å². The summed E-state index contributed by atoms with van der Waals surface area (Å²) in [7, 11) is 0. The maximum atomic E-state index is 5.70. The molecule has 4 heteroatoms. The Bertz CT molecular complexity index is 568. The van der Waals surface area contributed by atoms with Gasteiger partial charge in [0.25, 0.3) is 0 Å². The average Bonchev–Trinajstić information content (AvgIpc) is 3.04. The number of thiophene rings is 1. The van der Waals surface area contributed by atoms with Gasteiger partial charge in [0, 0.05) is 6.04 Å². The average molecular weight is 303 g/mol. The van der Waals surface area contributed by atoms with Crippen LogP contribution in [0.25, 0.3) is 0 Å². The van der Waals surface area contributed by atoms with Crippen LogP contribution in [0.15, 0.2) is 35.0 Å². The molecule has 1 aromatic heterocycles. The molecule has 3 nitrogen and oxygen atoms in total. The van der Waals surface area contributed by atoms with Crippen molar-refractivity contribution in [3.8, 4) is 11.5 Å². The normalized spacial score (nSPS) is 14.9. The highest BCUT2D eigenvalue weighted by atomic mass is 32.1. The van der Waals surface area contributed by atoms with E-state index in [4.69, 9.17) is 9.47 Å². The van der Waals surface area contributed by atoms with Crippen LogP contribution in [0.1, 0.15) is 30.5 Å². The monoisotopic (exact) mass is 303 g/mol. The van der Waals surface area contributed by atoms with Gasteiger partial charge in [-0.2, -0.15) is 11.3 Å². The molecular formula is C17H21NO2S. The maximum absolute atomic E-state index is 5.70. The summed E-state index contributed by atoms with van der Waals surface area (Å²) >= 11 is 1.75. The smallest absolute Gasteiger partial charge is 0.161 e. The summed E-state index contributed by atoms with van der Waals surface area (Å²) < 4.78 is 11.3. The molecule has 1 N–H and O–H groups in total. The molecule has 0 saturated carbocycles. The van der Waals surface area contributed by atoms with E-state index in [1.807, 2.05) is 6.07 Å². The lowest BCUT2D eigenvalue weighted by atomic mass is 9.99. The van der Waals surface area contributed by atoms with E-state index >= 15 is 0 Å². The summed E-state index contributed by atoms with van der Waals surface area (Å²) in [5.41, 5.74) is 2.64. The van der Waals surface area contributed by atoms with Gasteiger partial charge in [-0.15, -0.1) is 0 Å². The minimum Gasteiger partial charge on any atom is -0.486 e. The Morgan fingerprint density at radius 1 is 1.19 bits per heavy atom.